The Hall–Kier alpha value is -2.18. The van der Waals surface area contributed by atoms with Crippen LogP contribution in [-0.4, -0.2) is 18.0 Å². The van der Waals surface area contributed by atoms with E-state index in [9.17, 15) is 9.18 Å². The predicted molar refractivity (Wildman–Crippen MR) is 110 cm³/mol. The molecule has 0 radical (unpaired) electrons. The third-order valence-corrected chi connectivity index (χ3v) is 6.73. The van der Waals surface area contributed by atoms with E-state index in [1.807, 2.05) is 13.8 Å². The van der Waals surface area contributed by atoms with E-state index in [2.05, 4.69) is 10.3 Å². The summed E-state index contributed by atoms with van der Waals surface area (Å²) in [4.78, 5) is 19.1. The van der Waals surface area contributed by atoms with Crippen molar-refractivity contribution in [2.24, 2.45) is 0 Å². The number of carbonyl (C=O) groups is 1. The number of hydrogen-bond acceptors (Lipinski definition) is 4. The molecule has 146 valence electrons. The van der Waals surface area contributed by atoms with Gasteiger partial charge in [-0.2, -0.15) is 0 Å². The number of nitrogens with one attached hydrogen (secondary N) is 1. The molecule has 4 rings (SSSR count). The zero-order chi connectivity index (χ0) is 20.0. The molecule has 1 amide bonds. The topological polar surface area (TPSA) is 51.2 Å². The van der Waals surface area contributed by atoms with Gasteiger partial charge in [0.05, 0.1) is 22.7 Å². The van der Waals surface area contributed by atoms with Crippen LogP contribution >= 0.6 is 22.9 Å². The number of fused-ring (bicyclic) bond motifs is 1. The van der Waals surface area contributed by atoms with Gasteiger partial charge in [0, 0.05) is 11.9 Å². The number of carbonyl (C=O) groups excluding carboxylic acids is 1. The summed E-state index contributed by atoms with van der Waals surface area (Å²) >= 11 is 7.82. The second kappa shape index (κ2) is 7.33. The molecule has 7 heteroatoms. The highest BCUT2D eigenvalue weighted by atomic mass is 35.5. The molecule has 1 aliphatic carbocycles. The zero-order valence-electron chi connectivity index (χ0n) is 15.9. The number of benzene rings is 1. The highest BCUT2D eigenvalue weighted by Gasteiger charge is 2.33. The Morgan fingerprint density at radius 2 is 2.14 bits per heavy atom. The predicted octanol–water partition coefficient (Wildman–Crippen LogP) is 5.52. The maximum absolute atomic E-state index is 13.9. The number of methoxy groups -OCH3 is 1. The molecule has 1 aromatic carbocycles. The van der Waals surface area contributed by atoms with Crippen LogP contribution in [-0.2, 0) is 6.54 Å². The van der Waals surface area contributed by atoms with Gasteiger partial charge in [0.25, 0.3) is 5.91 Å². The van der Waals surface area contributed by atoms with Crippen LogP contribution in [0.2, 0.25) is 5.02 Å². The molecular formula is C21H20ClFN2O2S. The van der Waals surface area contributed by atoms with Gasteiger partial charge in [0.15, 0.2) is 11.6 Å². The van der Waals surface area contributed by atoms with Crippen molar-refractivity contribution in [1.82, 2.24) is 10.3 Å². The Labute approximate surface area is 171 Å². The fourth-order valence-corrected chi connectivity index (χ4v) is 4.89. The second-order valence-electron chi connectivity index (χ2n) is 7.09. The highest BCUT2D eigenvalue weighted by Crippen LogP contribution is 2.49. The van der Waals surface area contributed by atoms with Crippen molar-refractivity contribution in [3.05, 3.63) is 56.3 Å². The number of ether oxygens (including phenoxy) is 1. The Balaban J connectivity index is 1.65. The van der Waals surface area contributed by atoms with Crippen molar-refractivity contribution in [2.75, 3.05) is 7.11 Å². The van der Waals surface area contributed by atoms with E-state index in [1.54, 1.807) is 12.1 Å². The standard InChI is InChI=1S/C21H20ClFN2O2S/c1-10-16-17(13-5-6-13)19(28-21(16)25-11(2)18(10)22)20(26)24-9-12-4-7-15(27-3)14(23)8-12/h4,7-8,13H,5-6,9H2,1-3H3,(H,24,26). The van der Waals surface area contributed by atoms with Gasteiger partial charge in [-0.1, -0.05) is 17.7 Å². The molecule has 3 aromatic rings. The van der Waals surface area contributed by atoms with Gasteiger partial charge in [-0.3, -0.25) is 4.79 Å². The number of aromatic nitrogens is 1. The van der Waals surface area contributed by atoms with Crippen LogP contribution in [0.4, 0.5) is 4.39 Å². The van der Waals surface area contributed by atoms with Crippen LogP contribution in [0.25, 0.3) is 10.2 Å². The number of aryl methyl sites for hydroxylation is 2. The van der Waals surface area contributed by atoms with Gasteiger partial charge in [0.2, 0.25) is 0 Å². The van der Waals surface area contributed by atoms with E-state index in [1.165, 1.54) is 24.5 Å². The zero-order valence-corrected chi connectivity index (χ0v) is 17.4. The number of hydrogen-bond donors (Lipinski definition) is 1. The molecular weight excluding hydrogens is 399 g/mol. The van der Waals surface area contributed by atoms with Crippen LogP contribution < -0.4 is 10.1 Å². The minimum atomic E-state index is -0.445. The van der Waals surface area contributed by atoms with Crippen LogP contribution in [0.5, 0.6) is 5.75 Å². The monoisotopic (exact) mass is 418 g/mol. The second-order valence-corrected chi connectivity index (χ2v) is 8.46. The molecule has 0 bridgehead atoms. The summed E-state index contributed by atoms with van der Waals surface area (Å²) in [5.74, 6) is -0.0365. The number of rotatable bonds is 5. The van der Waals surface area contributed by atoms with Gasteiger partial charge in [-0.15, -0.1) is 11.3 Å². The quantitative estimate of drug-likeness (QED) is 0.593. The first-order chi connectivity index (χ1) is 13.4. The van der Waals surface area contributed by atoms with E-state index in [4.69, 9.17) is 16.3 Å². The molecule has 4 nitrogen and oxygen atoms in total. The Bertz CT molecular complexity index is 1090. The molecule has 2 heterocycles. The fraction of sp³-hybridized carbons (Fsp3) is 0.333. The maximum Gasteiger partial charge on any atom is 0.262 e. The molecule has 1 fully saturated rings. The third kappa shape index (κ3) is 3.35. The van der Waals surface area contributed by atoms with Crippen molar-refractivity contribution in [1.29, 1.82) is 0 Å². The normalized spacial score (nSPS) is 13.8. The number of thiophene rings is 1. The summed E-state index contributed by atoms with van der Waals surface area (Å²) in [5.41, 5.74) is 3.49. The average molecular weight is 419 g/mol. The van der Waals surface area contributed by atoms with Gasteiger partial charge < -0.3 is 10.1 Å². The summed E-state index contributed by atoms with van der Waals surface area (Å²) < 4.78 is 18.8. The number of halogens is 2. The lowest BCUT2D eigenvalue weighted by Crippen LogP contribution is -2.22. The van der Waals surface area contributed by atoms with Crippen molar-refractivity contribution >= 4 is 39.1 Å². The maximum atomic E-state index is 13.9. The van der Waals surface area contributed by atoms with E-state index >= 15 is 0 Å². The van der Waals surface area contributed by atoms with Crippen molar-refractivity contribution in [3.8, 4) is 5.75 Å². The van der Waals surface area contributed by atoms with E-state index in [-0.39, 0.29) is 18.2 Å². The largest absolute Gasteiger partial charge is 0.494 e. The molecule has 0 saturated heterocycles. The first-order valence-electron chi connectivity index (χ1n) is 9.10. The average Bonchev–Trinajstić information content (AvgIpc) is 3.45. The number of nitrogens with zero attached hydrogens (tertiary/aromatic N) is 1. The Kier molecular flexibility index (Phi) is 5.02. The first-order valence-corrected chi connectivity index (χ1v) is 10.3. The summed E-state index contributed by atoms with van der Waals surface area (Å²) in [6.07, 6.45) is 2.14. The van der Waals surface area contributed by atoms with Crippen LogP contribution in [0.15, 0.2) is 18.2 Å². The number of pyridine rings is 1. The summed E-state index contributed by atoms with van der Waals surface area (Å²) in [6, 6.07) is 4.67. The van der Waals surface area contributed by atoms with Gasteiger partial charge in [0.1, 0.15) is 4.83 Å². The van der Waals surface area contributed by atoms with E-state index in [0.29, 0.717) is 21.4 Å². The van der Waals surface area contributed by atoms with E-state index in [0.717, 1.165) is 39.9 Å². The molecule has 1 aliphatic rings. The summed E-state index contributed by atoms with van der Waals surface area (Å²) in [6.45, 7) is 4.10. The van der Waals surface area contributed by atoms with Gasteiger partial charge >= 0.3 is 0 Å². The fourth-order valence-electron chi connectivity index (χ4n) is 3.47. The minimum absolute atomic E-state index is 0.158. The van der Waals surface area contributed by atoms with Crippen LogP contribution in [0, 0.1) is 19.7 Å². The highest BCUT2D eigenvalue weighted by molar-refractivity contribution is 7.20. The van der Waals surface area contributed by atoms with Crippen molar-refractivity contribution in [3.63, 3.8) is 0 Å². The van der Waals surface area contributed by atoms with Gasteiger partial charge in [-0.25, -0.2) is 9.37 Å². The van der Waals surface area contributed by atoms with E-state index < -0.39 is 5.82 Å². The molecule has 0 spiro atoms. The number of amides is 1. The van der Waals surface area contributed by atoms with Crippen LogP contribution in [0.1, 0.15) is 50.8 Å². The molecule has 0 atom stereocenters. The van der Waals surface area contributed by atoms with Gasteiger partial charge in [-0.05, 0) is 61.4 Å². The Morgan fingerprint density at radius 1 is 1.39 bits per heavy atom. The van der Waals surface area contributed by atoms with Crippen LogP contribution in [0.3, 0.4) is 0 Å². The molecule has 1 N–H and O–H groups in total. The van der Waals surface area contributed by atoms with Crippen molar-refractivity contribution in [2.45, 2.75) is 39.2 Å². The lowest BCUT2D eigenvalue weighted by molar-refractivity contribution is 0.0954. The molecule has 2 aromatic heterocycles. The first kappa shape index (κ1) is 19.2. The molecule has 0 aliphatic heterocycles. The molecule has 0 unspecified atom stereocenters. The Morgan fingerprint density at radius 3 is 2.79 bits per heavy atom. The lowest BCUT2D eigenvalue weighted by atomic mass is 10.0. The lowest BCUT2D eigenvalue weighted by Gasteiger charge is -2.09. The SMILES string of the molecule is COc1ccc(CNC(=O)c2sc3nc(C)c(Cl)c(C)c3c2C2CC2)cc1F. The molecule has 1 saturated carbocycles. The minimum Gasteiger partial charge on any atom is -0.494 e. The smallest absolute Gasteiger partial charge is 0.262 e. The van der Waals surface area contributed by atoms with Crippen molar-refractivity contribution < 1.29 is 13.9 Å². The summed E-state index contributed by atoms with van der Waals surface area (Å²) in [5, 5.41) is 4.59. The molecule has 28 heavy (non-hydrogen) atoms. The third-order valence-electron chi connectivity index (χ3n) is 5.08. The summed E-state index contributed by atoms with van der Waals surface area (Å²) in [7, 11) is 1.42.